The molecule has 0 bridgehead atoms. The standard InChI is InChI=1S/C16H18N4OS/c1-6-11-7-12(14(9(2)3)20-16(11)21-5)22-13-8-18-10(4)19-15(13)17/h1,7-9H,2-5H3,(H2,17,18,19). The van der Waals surface area contributed by atoms with E-state index in [1.54, 1.807) is 20.2 Å². The fourth-order valence-corrected chi connectivity index (χ4v) is 2.97. The molecule has 0 aliphatic carbocycles. The summed E-state index contributed by atoms with van der Waals surface area (Å²) in [6, 6.07) is 1.89. The largest absolute Gasteiger partial charge is 0.480 e. The lowest BCUT2D eigenvalue weighted by atomic mass is 10.1. The quantitative estimate of drug-likeness (QED) is 0.874. The van der Waals surface area contributed by atoms with Gasteiger partial charge >= 0.3 is 0 Å². The van der Waals surface area contributed by atoms with Gasteiger partial charge in [0.05, 0.1) is 23.3 Å². The Morgan fingerprint density at radius 3 is 2.59 bits per heavy atom. The number of pyridine rings is 1. The number of aryl methyl sites for hydroxylation is 1. The summed E-state index contributed by atoms with van der Waals surface area (Å²) in [4.78, 5) is 14.6. The number of nitrogens with two attached hydrogens (primary N) is 1. The lowest BCUT2D eigenvalue weighted by Crippen LogP contribution is -2.02. The Morgan fingerprint density at radius 2 is 2.05 bits per heavy atom. The van der Waals surface area contributed by atoms with Crippen molar-refractivity contribution in [3.8, 4) is 18.2 Å². The SMILES string of the molecule is C#Cc1cc(Sc2cnc(C)nc2N)c(C(C)C)nc1OC. The summed E-state index contributed by atoms with van der Waals surface area (Å²) >= 11 is 1.46. The predicted octanol–water partition coefficient (Wildman–Crippen LogP) is 3.03. The first-order chi connectivity index (χ1) is 10.5. The van der Waals surface area contributed by atoms with Crippen LogP contribution in [0.3, 0.4) is 0 Å². The summed E-state index contributed by atoms with van der Waals surface area (Å²) in [7, 11) is 1.56. The number of ether oxygens (including phenoxy) is 1. The Balaban J connectivity index is 2.51. The van der Waals surface area contributed by atoms with Crippen molar-refractivity contribution in [2.75, 3.05) is 12.8 Å². The van der Waals surface area contributed by atoms with Gasteiger partial charge in [-0.1, -0.05) is 31.5 Å². The van der Waals surface area contributed by atoms with Gasteiger partial charge in [0, 0.05) is 11.1 Å². The average molecular weight is 314 g/mol. The van der Waals surface area contributed by atoms with Crippen molar-refractivity contribution < 1.29 is 4.74 Å². The number of methoxy groups -OCH3 is 1. The number of nitrogens with zero attached hydrogens (tertiary/aromatic N) is 3. The minimum absolute atomic E-state index is 0.218. The van der Waals surface area contributed by atoms with E-state index in [2.05, 4.69) is 34.7 Å². The molecule has 0 aliphatic rings. The lowest BCUT2D eigenvalue weighted by molar-refractivity contribution is 0.393. The second-order valence-electron chi connectivity index (χ2n) is 5.00. The molecule has 0 atom stereocenters. The van der Waals surface area contributed by atoms with Gasteiger partial charge in [0.2, 0.25) is 5.88 Å². The van der Waals surface area contributed by atoms with Crippen LogP contribution in [0.15, 0.2) is 22.1 Å². The molecule has 0 saturated heterocycles. The zero-order valence-electron chi connectivity index (χ0n) is 13.0. The van der Waals surface area contributed by atoms with Gasteiger partial charge in [0.1, 0.15) is 11.6 Å². The van der Waals surface area contributed by atoms with E-state index in [9.17, 15) is 0 Å². The van der Waals surface area contributed by atoms with Crippen molar-refractivity contribution in [1.29, 1.82) is 0 Å². The zero-order valence-corrected chi connectivity index (χ0v) is 13.9. The summed E-state index contributed by atoms with van der Waals surface area (Å²) in [6.07, 6.45) is 7.25. The first-order valence-electron chi connectivity index (χ1n) is 6.78. The highest BCUT2D eigenvalue weighted by atomic mass is 32.2. The molecule has 5 nitrogen and oxygen atoms in total. The molecule has 2 aromatic rings. The van der Waals surface area contributed by atoms with Gasteiger partial charge in [-0.05, 0) is 18.9 Å². The van der Waals surface area contributed by atoms with Crippen molar-refractivity contribution in [3.05, 3.63) is 29.3 Å². The number of rotatable bonds is 4. The van der Waals surface area contributed by atoms with Gasteiger partial charge in [-0.3, -0.25) is 0 Å². The molecular formula is C16H18N4OS. The smallest absolute Gasteiger partial charge is 0.229 e. The third kappa shape index (κ3) is 3.31. The molecule has 0 aliphatic heterocycles. The Hall–Kier alpha value is -2.26. The summed E-state index contributed by atoms with van der Waals surface area (Å²) < 4.78 is 5.26. The van der Waals surface area contributed by atoms with E-state index in [4.69, 9.17) is 16.9 Å². The highest BCUT2D eigenvalue weighted by Gasteiger charge is 2.16. The van der Waals surface area contributed by atoms with Gasteiger partial charge in [-0.15, -0.1) is 6.42 Å². The van der Waals surface area contributed by atoms with E-state index in [0.717, 1.165) is 15.5 Å². The average Bonchev–Trinajstić information content (AvgIpc) is 2.49. The molecule has 2 rings (SSSR count). The highest BCUT2D eigenvalue weighted by molar-refractivity contribution is 7.99. The molecule has 2 N–H and O–H groups in total. The molecule has 0 radical (unpaired) electrons. The number of terminal acetylenes is 1. The monoisotopic (exact) mass is 314 g/mol. The maximum absolute atomic E-state index is 5.96. The van der Waals surface area contributed by atoms with Crippen molar-refractivity contribution in [1.82, 2.24) is 15.0 Å². The molecule has 2 aromatic heterocycles. The van der Waals surface area contributed by atoms with E-state index >= 15 is 0 Å². The number of anilines is 1. The molecular weight excluding hydrogens is 296 g/mol. The van der Waals surface area contributed by atoms with Crippen LogP contribution in [-0.2, 0) is 0 Å². The van der Waals surface area contributed by atoms with E-state index in [0.29, 0.717) is 23.1 Å². The number of hydrogen-bond acceptors (Lipinski definition) is 6. The molecule has 114 valence electrons. The van der Waals surface area contributed by atoms with Gasteiger partial charge < -0.3 is 10.5 Å². The van der Waals surface area contributed by atoms with Crippen LogP contribution in [-0.4, -0.2) is 22.1 Å². The van der Waals surface area contributed by atoms with E-state index in [-0.39, 0.29) is 5.92 Å². The maximum atomic E-state index is 5.96. The van der Waals surface area contributed by atoms with Gasteiger partial charge in [-0.2, -0.15) is 0 Å². The molecule has 0 aromatic carbocycles. The van der Waals surface area contributed by atoms with Crippen LogP contribution >= 0.6 is 11.8 Å². The topological polar surface area (TPSA) is 73.9 Å². The van der Waals surface area contributed by atoms with E-state index < -0.39 is 0 Å². The van der Waals surface area contributed by atoms with Gasteiger partial charge in [-0.25, -0.2) is 15.0 Å². The van der Waals surface area contributed by atoms with E-state index in [1.807, 2.05) is 6.07 Å². The normalized spacial score (nSPS) is 10.5. The minimum atomic E-state index is 0.218. The van der Waals surface area contributed by atoms with Crippen LogP contribution < -0.4 is 10.5 Å². The van der Waals surface area contributed by atoms with Gasteiger partial charge in [0.25, 0.3) is 0 Å². The maximum Gasteiger partial charge on any atom is 0.229 e. The number of hydrogen-bond donors (Lipinski definition) is 1. The molecule has 0 saturated carbocycles. The predicted molar refractivity (Wildman–Crippen MR) is 88.1 cm³/mol. The van der Waals surface area contributed by atoms with Crippen LogP contribution in [0.5, 0.6) is 5.88 Å². The van der Waals surface area contributed by atoms with Crippen LogP contribution in [0.1, 0.15) is 36.8 Å². The van der Waals surface area contributed by atoms with Gasteiger partial charge in [0.15, 0.2) is 0 Å². The molecule has 22 heavy (non-hydrogen) atoms. The third-order valence-electron chi connectivity index (χ3n) is 3.00. The fourth-order valence-electron chi connectivity index (χ4n) is 1.92. The summed E-state index contributed by atoms with van der Waals surface area (Å²) in [5, 5.41) is 0. The lowest BCUT2D eigenvalue weighted by Gasteiger charge is -2.14. The van der Waals surface area contributed by atoms with Crippen LogP contribution in [0.25, 0.3) is 0 Å². The molecule has 6 heteroatoms. The van der Waals surface area contributed by atoms with Crippen molar-refractivity contribution in [3.63, 3.8) is 0 Å². The molecule has 2 heterocycles. The van der Waals surface area contributed by atoms with Crippen LogP contribution in [0, 0.1) is 19.3 Å². The number of nitrogen functional groups attached to an aromatic ring is 1. The van der Waals surface area contributed by atoms with Crippen molar-refractivity contribution in [2.24, 2.45) is 0 Å². The first kappa shape index (κ1) is 16.1. The first-order valence-corrected chi connectivity index (χ1v) is 7.60. The van der Waals surface area contributed by atoms with Crippen LogP contribution in [0.2, 0.25) is 0 Å². The molecule has 0 fully saturated rings. The second kappa shape index (κ2) is 6.67. The van der Waals surface area contributed by atoms with E-state index in [1.165, 1.54) is 11.8 Å². The van der Waals surface area contributed by atoms with Crippen LogP contribution in [0.4, 0.5) is 5.82 Å². The second-order valence-corrected chi connectivity index (χ2v) is 6.08. The summed E-state index contributed by atoms with van der Waals surface area (Å²) in [6.45, 7) is 5.93. The zero-order chi connectivity index (χ0) is 16.3. The number of aromatic nitrogens is 3. The minimum Gasteiger partial charge on any atom is -0.480 e. The Kier molecular flexibility index (Phi) is 4.88. The van der Waals surface area contributed by atoms with Crippen molar-refractivity contribution >= 4 is 17.6 Å². The summed E-state index contributed by atoms with van der Waals surface area (Å²) in [5.74, 6) is 4.37. The Morgan fingerprint density at radius 1 is 1.32 bits per heavy atom. The van der Waals surface area contributed by atoms with Crippen molar-refractivity contribution in [2.45, 2.75) is 36.5 Å². The Bertz CT molecular complexity index is 738. The molecule has 0 amide bonds. The molecule has 0 spiro atoms. The fraction of sp³-hybridized carbons (Fsp3) is 0.312. The summed E-state index contributed by atoms with van der Waals surface area (Å²) in [5.41, 5.74) is 7.48. The molecule has 0 unspecified atom stereocenters. The third-order valence-corrected chi connectivity index (χ3v) is 4.08. The Labute approximate surface area is 134 Å². The highest BCUT2D eigenvalue weighted by Crippen LogP contribution is 2.37.